The summed E-state index contributed by atoms with van der Waals surface area (Å²) in [4.78, 5) is 3.26. The van der Waals surface area contributed by atoms with E-state index < -0.39 is 0 Å². The van der Waals surface area contributed by atoms with Crippen molar-refractivity contribution in [2.45, 2.75) is 148 Å². The zero-order valence-electron chi connectivity index (χ0n) is 41.7. The quantitative estimate of drug-likeness (QED) is 0.120. The molecular weight excluding hydrogens is 819 g/mol. The average molecular weight is 900 g/mol. The van der Waals surface area contributed by atoms with Crippen LogP contribution in [0.1, 0.15) is 153 Å². The van der Waals surface area contributed by atoms with Gasteiger partial charge in [-0.15, -0.1) is 0 Å². The molecule has 25 atom stereocenters. The summed E-state index contributed by atoms with van der Waals surface area (Å²) in [5.41, 5.74) is 17.2. The lowest BCUT2D eigenvalue weighted by molar-refractivity contribution is -0.117. The molecule has 11 saturated carbocycles. The molecule has 1 aliphatic heterocycles. The van der Waals surface area contributed by atoms with E-state index in [9.17, 15) is 0 Å². The fourth-order valence-electron chi connectivity index (χ4n) is 27.5. The molecule has 16 aliphatic carbocycles. The molecular formula is C67H81N. The van der Waals surface area contributed by atoms with Gasteiger partial charge in [-0.3, -0.25) is 4.90 Å². The molecule has 12 fully saturated rings. The fraction of sp³-hybridized carbons (Fsp3) is 0.731. The van der Waals surface area contributed by atoms with Gasteiger partial charge < -0.3 is 0 Å². The second-order valence-corrected chi connectivity index (χ2v) is 29.0. The van der Waals surface area contributed by atoms with E-state index in [-0.39, 0.29) is 0 Å². The highest BCUT2D eigenvalue weighted by Crippen LogP contribution is 2.91. The summed E-state index contributed by atoms with van der Waals surface area (Å²) in [5.74, 6) is 23.6. The van der Waals surface area contributed by atoms with E-state index in [2.05, 4.69) is 99.4 Å². The molecule has 354 valence electrons. The van der Waals surface area contributed by atoms with Crippen LogP contribution in [0.5, 0.6) is 0 Å². The molecule has 2 aromatic rings. The van der Waals surface area contributed by atoms with E-state index in [1.807, 2.05) is 0 Å². The Balaban J connectivity index is 0.736. The molecule has 1 saturated heterocycles. The van der Waals surface area contributed by atoms with Gasteiger partial charge in [-0.2, -0.15) is 0 Å². The molecule has 0 amide bonds. The lowest BCUT2D eigenvalue weighted by Crippen LogP contribution is -2.56. The van der Waals surface area contributed by atoms with Crippen LogP contribution < -0.4 is 0 Å². The number of fused-ring (bicyclic) bond motifs is 2. The lowest BCUT2D eigenvalue weighted by atomic mass is 9.44. The summed E-state index contributed by atoms with van der Waals surface area (Å²) in [6.07, 6.45) is 34.5. The van der Waals surface area contributed by atoms with Gasteiger partial charge in [-0.1, -0.05) is 167 Å². The predicted octanol–water partition coefficient (Wildman–Crippen LogP) is 15.6. The maximum atomic E-state index is 3.26. The normalized spacial score (nSPS) is 52.8. The smallest absolute Gasteiger partial charge is 0.0429 e. The third-order valence-corrected chi connectivity index (χ3v) is 27.6. The van der Waals surface area contributed by atoms with Crippen LogP contribution in [0.3, 0.4) is 0 Å². The van der Waals surface area contributed by atoms with E-state index in [0.29, 0.717) is 17.4 Å². The SMILES string of the molecule is CCCCCCCCCCCCCCCCN1CC23CC4C=C5CC6CC7CC8CC9CC%10=C%11C%12C(=C(C%10)C2C1c1cccc2ccccc12)C1=C3C4C2C5C3C6C7C4C8C(C%119)C5C%12C1C2C3C45. The third-order valence-electron chi connectivity index (χ3n) is 27.6. The molecule has 1 spiro atoms. The average Bonchev–Trinajstić information content (AvgIpc) is 4.24. The number of likely N-dealkylation sites (tertiary alicyclic amines) is 1. The number of benzene rings is 2. The summed E-state index contributed by atoms with van der Waals surface area (Å²) >= 11 is 0. The molecule has 0 N–H and O–H groups in total. The second-order valence-electron chi connectivity index (χ2n) is 29.0. The molecule has 1 heteroatoms. The molecule has 0 bridgehead atoms. The lowest BCUT2D eigenvalue weighted by Gasteiger charge is -2.60. The molecule has 1 nitrogen and oxygen atoms in total. The first-order valence-corrected chi connectivity index (χ1v) is 30.9. The number of unbranched alkanes of at least 4 members (excludes halogenated alkanes) is 13. The van der Waals surface area contributed by atoms with Crippen molar-refractivity contribution in [3.05, 3.63) is 93.1 Å². The largest absolute Gasteiger partial charge is 0.295 e. The summed E-state index contributed by atoms with van der Waals surface area (Å²) in [5, 5.41) is 3.07. The van der Waals surface area contributed by atoms with Crippen LogP contribution in [-0.2, 0) is 0 Å². The Hall–Kier alpha value is -2.38. The summed E-state index contributed by atoms with van der Waals surface area (Å²) in [6.45, 7) is 5.03. The van der Waals surface area contributed by atoms with Gasteiger partial charge in [0.05, 0.1) is 0 Å². The van der Waals surface area contributed by atoms with Gasteiger partial charge in [0.1, 0.15) is 0 Å². The number of allylic oxidation sites excluding steroid dienone is 6. The van der Waals surface area contributed by atoms with Crippen LogP contribution >= 0.6 is 0 Å². The van der Waals surface area contributed by atoms with Crippen molar-refractivity contribution in [1.82, 2.24) is 4.90 Å². The summed E-state index contributed by atoms with van der Waals surface area (Å²) in [6, 6.07) is 17.8. The van der Waals surface area contributed by atoms with E-state index >= 15 is 0 Å². The van der Waals surface area contributed by atoms with Crippen molar-refractivity contribution in [2.75, 3.05) is 13.1 Å². The first kappa shape index (κ1) is 39.2. The van der Waals surface area contributed by atoms with Crippen LogP contribution in [0.25, 0.3) is 10.8 Å². The van der Waals surface area contributed by atoms with Gasteiger partial charge in [0.2, 0.25) is 0 Å². The minimum atomic E-state index is 0.349. The van der Waals surface area contributed by atoms with E-state index in [1.165, 1.54) is 128 Å². The minimum absolute atomic E-state index is 0.349. The standard InChI is InChI=1S/C67H81N/c1-2-3-4-5-6-7-8-9-10-11-12-13-14-17-23-68-32-67-31-40-29-38-27-35-24-34-25-37-26-36-28-39-30-43(64(67)66(68)42-22-18-20-33-19-15-16-21-41(33)42)51-56-47(39)46(36)53-48(37)52-44(34)45(35)54-49(38)55-50(40)65(67)63(51)62-60(55)58(54)57(52)59(53)61(56)62/h15-16,18-22,29,34-37,40,44-46,48-50,52-62,64,66H,2-14,17,23-28,30-32H2,1H3. The van der Waals surface area contributed by atoms with Gasteiger partial charge in [-0.05, 0) is 210 Å². The van der Waals surface area contributed by atoms with Crippen LogP contribution in [0, 0.1) is 142 Å². The van der Waals surface area contributed by atoms with Crippen molar-refractivity contribution >= 4 is 10.8 Å². The zero-order chi connectivity index (χ0) is 43.6. The van der Waals surface area contributed by atoms with Gasteiger partial charge in [0, 0.05) is 29.8 Å². The maximum Gasteiger partial charge on any atom is 0.0429 e. The van der Waals surface area contributed by atoms with Crippen molar-refractivity contribution < 1.29 is 0 Å². The Morgan fingerprint density at radius 3 is 2.06 bits per heavy atom. The Labute approximate surface area is 409 Å². The Morgan fingerprint density at radius 2 is 1.22 bits per heavy atom. The van der Waals surface area contributed by atoms with Crippen molar-refractivity contribution in [2.24, 2.45) is 142 Å². The van der Waals surface area contributed by atoms with E-state index in [0.717, 1.165) is 130 Å². The molecule has 1 heterocycles. The Morgan fingerprint density at radius 1 is 0.559 bits per heavy atom. The first-order chi connectivity index (χ1) is 33.7. The van der Waals surface area contributed by atoms with Crippen LogP contribution in [0.4, 0.5) is 0 Å². The summed E-state index contributed by atoms with van der Waals surface area (Å²) < 4.78 is 0. The molecule has 2 aromatic carbocycles. The Kier molecular flexibility index (Phi) is 7.73. The van der Waals surface area contributed by atoms with Gasteiger partial charge in [0.15, 0.2) is 0 Å². The minimum Gasteiger partial charge on any atom is -0.295 e. The third kappa shape index (κ3) is 4.31. The van der Waals surface area contributed by atoms with Crippen molar-refractivity contribution in [3.63, 3.8) is 0 Å². The molecule has 0 aromatic heterocycles. The predicted molar refractivity (Wildman–Crippen MR) is 273 cm³/mol. The van der Waals surface area contributed by atoms with Gasteiger partial charge in [-0.25, -0.2) is 0 Å². The van der Waals surface area contributed by atoms with Crippen LogP contribution in [-0.4, -0.2) is 18.0 Å². The number of hydrogen-bond acceptors (Lipinski definition) is 1. The highest BCUT2D eigenvalue weighted by atomic mass is 15.2. The number of rotatable bonds is 16. The second kappa shape index (κ2) is 13.4. The molecule has 0 radical (unpaired) electrons. The maximum absolute atomic E-state index is 3.26. The highest BCUT2D eigenvalue weighted by Gasteiger charge is 2.86. The Bertz CT molecular complexity index is 2700. The van der Waals surface area contributed by atoms with Crippen LogP contribution in [0.15, 0.2) is 87.6 Å². The van der Waals surface area contributed by atoms with Gasteiger partial charge in [0.25, 0.3) is 0 Å². The topological polar surface area (TPSA) is 3.24 Å². The molecule has 25 unspecified atom stereocenters. The monoisotopic (exact) mass is 900 g/mol. The van der Waals surface area contributed by atoms with Crippen molar-refractivity contribution in [3.8, 4) is 0 Å². The van der Waals surface area contributed by atoms with E-state index in [1.54, 1.807) is 36.6 Å². The first-order valence-electron chi connectivity index (χ1n) is 30.9. The number of hydrogen-bond donors (Lipinski definition) is 0. The summed E-state index contributed by atoms with van der Waals surface area (Å²) in [7, 11) is 0. The highest BCUT2D eigenvalue weighted by molar-refractivity contribution is 5.86. The number of nitrogens with zero attached hydrogens (tertiary/aromatic N) is 1. The zero-order valence-corrected chi connectivity index (χ0v) is 41.7. The molecule has 68 heavy (non-hydrogen) atoms. The fourth-order valence-corrected chi connectivity index (χ4v) is 27.5. The van der Waals surface area contributed by atoms with Crippen molar-refractivity contribution in [1.29, 1.82) is 0 Å². The van der Waals surface area contributed by atoms with E-state index in [4.69, 9.17) is 0 Å². The molecule has 17 aliphatic rings. The van der Waals surface area contributed by atoms with Crippen LogP contribution in [0.2, 0.25) is 0 Å². The van der Waals surface area contributed by atoms with Gasteiger partial charge >= 0.3 is 0 Å². The molecule has 19 rings (SSSR count).